The average Bonchev–Trinajstić information content (AvgIpc) is 2.43. The molecule has 1 fully saturated rings. The minimum absolute atomic E-state index is 0.123. The Morgan fingerprint density at radius 2 is 2.00 bits per heavy atom. The molecular weight excluding hydrogens is 274 g/mol. The number of aliphatic imine (C=N–C) groups is 1. The molecule has 0 aromatic rings. The standard InChI is InChI=1S/C14H29N3O2S/c1-5-15-12(16-10-13(2,3)20-4)17-11-14(18)6-8-19-9-7-14/h18H,5-11H2,1-4H3,(H2,15,16,17). The molecule has 0 amide bonds. The summed E-state index contributed by atoms with van der Waals surface area (Å²) in [4.78, 5) is 4.60. The highest BCUT2D eigenvalue weighted by Gasteiger charge is 2.29. The number of nitrogens with zero attached hydrogens (tertiary/aromatic N) is 1. The van der Waals surface area contributed by atoms with Gasteiger partial charge in [0.15, 0.2) is 5.96 Å². The van der Waals surface area contributed by atoms with E-state index in [-0.39, 0.29) is 4.75 Å². The van der Waals surface area contributed by atoms with Crippen LogP contribution in [-0.2, 0) is 4.74 Å². The fourth-order valence-electron chi connectivity index (χ4n) is 1.85. The van der Waals surface area contributed by atoms with Crippen LogP contribution in [0.2, 0.25) is 0 Å². The van der Waals surface area contributed by atoms with Crippen LogP contribution < -0.4 is 10.6 Å². The molecule has 6 heteroatoms. The molecule has 0 aliphatic carbocycles. The van der Waals surface area contributed by atoms with Crippen molar-refractivity contribution in [2.24, 2.45) is 4.99 Å². The Bertz CT molecular complexity index is 316. The van der Waals surface area contributed by atoms with Crippen molar-refractivity contribution in [3.63, 3.8) is 0 Å². The lowest BCUT2D eigenvalue weighted by Gasteiger charge is -2.32. The molecule has 0 bridgehead atoms. The third-order valence-corrected chi connectivity index (χ3v) is 4.76. The van der Waals surface area contributed by atoms with Gasteiger partial charge in [0.2, 0.25) is 0 Å². The second-order valence-corrected chi connectivity index (χ2v) is 7.36. The van der Waals surface area contributed by atoms with Gasteiger partial charge in [-0.25, -0.2) is 0 Å². The van der Waals surface area contributed by atoms with Crippen molar-refractivity contribution < 1.29 is 9.84 Å². The summed E-state index contributed by atoms with van der Waals surface area (Å²) >= 11 is 1.80. The van der Waals surface area contributed by atoms with Gasteiger partial charge in [-0.3, -0.25) is 4.99 Å². The summed E-state index contributed by atoms with van der Waals surface area (Å²) < 4.78 is 5.41. The van der Waals surface area contributed by atoms with Gasteiger partial charge in [-0.2, -0.15) is 11.8 Å². The molecule has 0 saturated carbocycles. The molecule has 1 heterocycles. The van der Waals surface area contributed by atoms with Crippen molar-refractivity contribution in [3.8, 4) is 0 Å². The van der Waals surface area contributed by atoms with E-state index >= 15 is 0 Å². The Morgan fingerprint density at radius 1 is 1.35 bits per heavy atom. The maximum absolute atomic E-state index is 10.4. The summed E-state index contributed by atoms with van der Waals surface area (Å²) in [5, 5.41) is 16.9. The maximum atomic E-state index is 10.4. The van der Waals surface area contributed by atoms with Crippen LogP contribution >= 0.6 is 11.8 Å². The van der Waals surface area contributed by atoms with Gasteiger partial charge in [-0.15, -0.1) is 0 Å². The number of ether oxygens (including phenoxy) is 1. The molecule has 3 N–H and O–H groups in total. The molecule has 1 saturated heterocycles. The molecular formula is C14H29N3O2S. The molecule has 1 aliphatic heterocycles. The highest BCUT2D eigenvalue weighted by atomic mass is 32.2. The number of hydrogen-bond acceptors (Lipinski definition) is 4. The molecule has 0 aromatic heterocycles. The predicted molar refractivity (Wildman–Crippen MR) is 86.6 cm³/mol. The smallest absolute Gasteiger partial charge is 0.191 e. The molecule has 1 aliphatic rings. The molecule has 118 valence electrons. The van der Waals surface area contributed by atoms with Gasteiger partial charge in [0, 0.05) is 43.9 Å². The topological polar surface area (TPSA) is 65.9 Å². The van der Waals surface area contributed by atoms with E-state index in [1.165, 1.54) is 0 Å². The normalized spacial score (nSPS) is 19.8. The minimum atomic E-state index is -0.677. The summed E-state index contributed by atoms with van der Waals surface area (Å²) in [5.74, 6) is 0.773. The molecule has 0 atom stereocenters. The third-order valence-electron chi connectivity index (χ3n) is 3.52. The van der Waals surface area contributed by atoms with Crippen LogP contribution in [0.5, 0.6) is 0 Å². The van der Waals surface area contributed by atoms with Gasteiger partial charge in [0.05, 0.1) is 12.1 Å². The fourth-order valence-corrected chi connectivity index (χ4v) is 2.05. The van der Waals surface area contributed by atoms with E-state index in [4.69, 9.17) is 4.74 Å². The average molecular weight is 303 g/mol. The Balaban J connectivity index is 2.51. The summed E-state index contributed by atoms with van der Waals surface area (Å²) in [7, 11) is 0. The lowest BCUT2D eigenvalue weighted by atomic mass is 9.94. The molecule has 5 nitrogen and oxygen atoms in total. The van der Waals surface area contributed by atoms with Crippen LogP contribution in [0, 0.1) is 0 Å². The van der Waals surface area contributed by atoms with E-state index < -0.39 is 5.60 Å². The van der Waals surface area contributed by atoms with Gasteiger partial charge >= 0.3 is 0 Å². The van der Waals surface area contributed by atoms with Crippen LogP contribution in [-0.4, -0.2) is 60.5 Å². The molecule has 0 spiro atoms. The quantitative estimate of drug-likeness (QED) is 0.509. The van der Waals surface area contributed by atoms with E-state index in [0.29, 0.717) is 32.6 Å². The molecule has 0 aromatic carbocycles. The van der Waals surface area contributed by atoms with Crippen LogP contribution in [0.4, 0.5) is 0 Å². The number of hydrogen-bond donors (Lipinski definition) is 3. The van der Waals surface area contributed by atoms with Gasteiger partial charge < -0.3 is 20.5 Å². The predicted octanol–water partition coefficient (Wildman–Crippen LogP) is 1.22. The summed E-state index contributed by atoms with van der Waals surface area (Å²) in [5.41, 5.74) is -0.677. The number of aliphatic hydroxyl groups is 1. The van der Waals surface area contributed by atoms with E-state index in [9.17, 15) is 5.11 Å². The zero-order valence-corrected chi connectivity index (χ0v) is 14.0. The largest absolute Gasteiger partial charge is 0.388 e. The highest BCUT2D eigenvalue weighted by molar-refractivity contribution is 7.99. The first-order valence-electron chi connectivity index (χ1n) is 7.28. The zero-order valence-electron chi connectivity index (χ0n) is 13.2. The molecule has 20 heavy (non-hydrogen) atoms. The highest BCUT2D eigenvalue weighted by Crippen LogP contribution is 2.21. The van der Waals surface area contributed by atoms with E-state index in [1.807, 2.05) is 6.92 Å². The Kier molecular flexibility index (Phi) is 7.12. The zero-order chi connectivity index (χ0) is 15.1. The number of thioether (sulfide) groups is 1. The number of rotatable bonds is 6. The Labute approximate surface area is 127 Å². The summed E-state index contributed by atoms with van der Waals surface area (Å²) in [6.45, 7) is 9.73. The fraction of sp³-hybridized carbons (Fsp3) is 0.929. The first kappa shape index (κ1) is 17.6. The van der Waals surface area contributed by atoms with Gasteiger partial charge in [-0.05, 0) is 27.0 Å². The van der Waals surface area contributed by atoms with Crippen molar-refractivity contribution in [1.29, 1.82) is 0 Å². The second-order valence-electron chi connectivity index (χ2n) is 5.85. The van der Waals surface area contributed by atoms with Crippen molar-refractivity contribution in [2.75, 3.05) is 39.1 Å². The second kappa shape index (κ2) is 8.10. The number of guanidine groups is 1. The van der Waals surface area contributed by atoms with E-state index in [1.54, 1.807) is 11.8 Å². The van der Waals surface area contributed by atoms with Crippen molar-refractivity contribution in [1.82, 2.24) is 10.6 Å². The lowest BCUT2D eigenvalue weighted by molar-refractivity contribution is -0.0594. The minimum Gasteiger partial charge on any atom is -0.388 e. The number of nitrogens with one attached hydrogen (secondary N) is 2. The maximum Gasteiger partial charge on any atom is 0.191 e. The first-order chi connectivity index (χ1) is 9.41. The van der Waals surface area contributed by atoms with Crippen LogP contribution in [0.15, 0.2) is 4.99 Å². The third kappa shape index (κ3) is 6.33. The lowest BCUT2D eigenvalue weighted by Crippen LogP contribution is -2.49. The van der Waals surface area contributed by atoms with Gasteiger partial charge in [-0.1, -0.05) is 0 Å². The first-order valence-corrected chi connectivity index (χ1v) is 8.51. The molecule has 1 rings (SSSR count). The SMILES string of the molecule is CCNC(=NCC(C)(C)SC)NCC1(O)CCOCC1. The van der Waals surface area contributed by atoms with Crippen LogP contribution in [0.3, 0.4) is 0 Å². The Hall–Kier alpha value is -0.460. The van der Waals surface area contributed by atoms with Crippen LogP contribution in [0.25, 0.3) is 0 Å². The Morgan fingerprint density at radius 3 is 2.55 bits per heavy atom. The molecule has 0 unspecified atom stereocenters. The van der Waals surface area contributed by atoms with E-state index in [2.05, 4.69) is 35.7 Å². The van der Waals surface area contributed by atoms with Crippen molar-refractivity contribution >= 4 is 17.7 Å². The van der Waals surface area contributed by atoms with Crippen LogP contribution in [0.1, 0.15) is 33.6 Å². The van der Waals surface area contributed by atoms with Gasteiger partial charge in [0.25, 0.3) is 0 Å². The monoisotopic (exact) mass is 303 g/mol. The van der Waals surface area contributed by atoms with Gasteiger partial charge in [0.1, 0.15) is 0 Å². The van der Waals surface area contributed by atoms with Crippen molar-refractivity contribution in [3.05, 3.63) is 0 Å². The van der Waals surface area contributed by atoms with Crippen molar-refractivity contribution in [2.45, 2.75) is 44.0 Å². The van der Waals surface area contributed by atoms with E-state index in [0.717, 1.165) is 19.0 Å². The summed E-state index contributed by atoms with van der Waals surface area (Å²) in [6, 6.07) is 0. The summed E-state index contributed by atoms with van der Waals surface area (Å²) in [6.07, 6.45) is 3.45. The molecule has 0 radical (unpaired) electrons.